The van der Waals surface area contributed by atoms with Gasteiger partial charge in [0.2, 0.25) is 0 Å². The van der Waals surface area contributed by atoms with Gasteiger partial charge in [-0.15, -0.1) is 0 Å². The third-order valence-electron chi connectivity index (χ3n) is 2.51. The van der Waals surface area contributed by atoms with Crippen LogP contribution in [0.1, 0.15) is 25.5 Å². The molecule has 1 aromatic carbocycles. The lowest BCUT2D eigenvalue weighted by Gasteiger charge is -2.14. The molecule has 0 amide bonds. The highest BCUT2D eigenvalue weighted by Crippen LogP contribution is 2.14. The average molecular weight is 296 g/mol. The Kier molecular flexibility index (Phi) is 6.01. The van der Waals surface area contributed by atoms with Crippen molar-refractivity contribution in [3.05, 3.63) is 35.9 Å². The predicted octanol–water partition coefficient (Wildman–Crippen LogP) is 0.102. The second-order valence-electron chi connectivity index (χ2n) is 4.31. The van der Waals surface area contributed by atoms with Gasteiger partial charge < -0.3 is 19.7 Å². The first-order chi connectivity index (χ1) is 9.82. The summed E-state index contributed by atoms with van der Waals surface area (Å²) < 4.78 is 8.98. The molecule has 7 nitrogen and oxygen atoms in total. The third kappa shape index (κ3) is 4.97. The molecule has 0 radical (unpaired) electrons. The van der Waals surface area contributed by atoms with E-state index in [2.05, 4.69) is 9.47 Å². The van der Waals surface area contributed by atoms with E-state index in [1.54, 1.807) is 18.2 Å². The second-order valence-corrected chi connectivity index (χ2v) is 4.31. The summed E-state index contributed by atoms with van der Waals surface area (Å²) >= 11 is 0. The van der Waals surface area contributed by atoms with Gasteiger partial charge in [-0.2, -0.15) is 0 Å². The summed E-state index contributed by atoms with van der Waals surface area (Å²) in [6.45, 7) is 2.36. The van der Waals surface area contributed by atoms with E-state index in [0.717, 1.165) is 0 Å². The first-order valence-corrected chi connectivity index (χ1v) is 6.20. The number of aliphatic hydroxyl groups is 2. The fourth-order valence-corrected chi connectivity index (χ4v) is 1.33. The second kappa shape index (κ2) is 7.51. The third-order valence-corrected chi connectivity index (χ3v) is 2.51. The largest absolute Gasteiger partial charge is 0.449 e. The molecule has 1 aromatic rings. The summed E-state index contributed by atoms with van der Waals surface area (Å²) in [7, 11) is 0. The van der Waals surface area contributed by atoms with E-state index >= 15 is 0 Å². The smallest absolute Gasteiger partial charge is 0.354 e. The van der Waals surface area contributed by atoms with Gasteiger partial charge in [-0.1, -0.05) is 30.3 Å². The van der Waals surface area contributed by atoms with Crippen LogP contribution < -0.4 is 0 Å². The number of carbonyl (C=O) groups excluding carboxylic acids is 3. The average Bonchev–Trinajstić information content (AvgIpc) is 2.46. The van der Waals surface area contributed by atoms with Crippen LogP contribution in [0, 0.1) is 0 Å². The quantitative estimate of drug-likeness (QED) is 0.585. The van der Waals surface area contributed by atoms with E-state index in [1.165, 1.54) is 26.0 Å². The van der Waals surface area contributed by atoms with Crippen LogP contribution in [-0.2, 0) is 23.9 Å². The first-order valence-electron chi connectivity index (χ1n) is 6.20. The number of aliphatic hydroxyl groups excluding tert-OH is 2. The van der Waals surface area contributed by atoms with E-state index < -0.39 is 36.2 Å². The number of carbonyl (C=O) groups is 3. The molecule has 3 unspecified atom stereocenters. The lowest BCUT2D eigenvalue weighted by Crippen LogP contribution is -2.33. The zero-order valence-corrected chi connectivity index (χ0v) is 11.6. The van der Waals surface area contributed by atoms with Crippen molar-refractivity contribution >= 4 is 17.9 Å². The Bertz CT molecular complexity index is 509. The topological polar surface area (TPSA) is 110 Å². The molecule has 0 saturated carbocycles. The molecule has 2 N–H and O–H groups in total. The molecule has 0 fully saturated rings. The molecule has 0 heterocycles. The lowest BCUT2D eigenvalue weighted by molar-refractivity contribution is -0.179. The highest BCUT2D eigenvalue weighted by Gasteiger charge is 2.27. The maximum absolute atomic E-state index is 11.6. The minimum absolute atomic E-state index is 0.268. The van der Waals surface area contributed by atoms with Gasteiger partial charge in [0, 0.05) is 0 Å². The van der Waals surface area contributed by atoms with Crippen LogP contribution in [0.2, 0.25) is 0 Å². The molecule has 0 spiro atoms. The van der Waals surface area contributed by atoms with Crippen molar-refractivity contribution in [1.82, 2.24) is 0 Å². The Morgan fingerprint density at radius 1 is 0.952 bits per heavy atom. The van der Waals surface area contributed by atoms with E-state index in [-0.39, 0.29) is 5.56 Å². The standard InChI is InChI=1S/C14H16O7/c1-8(15)12(17)20-9(2)13(18)21-14(19)11(16)10-6-4-3-5-7-10/h3-9,11,15-16H,1-2H3. The highest BCUT2D eigenvalue weighted by molar-refractivity contribution is 5.91. The molecule has 3 atom stereocenters. The Hall–Kier alpha value is -2.25. The summed E-state index contributed by atoms with van der Waals surface area (Å²) in [6.07, 6.45) is -4.39. The molecule has 0 aliphatic rings. The molecule has 114 valence electrons. The van der Waals surface area contributed by atoms with Crippen molar-refractivity contribution < 1.29 is 34.1 Å². The van der Waals surface area contributed by atoms with Crippen LogP contribution in [0.15, 0.2) is 30.3 Å². The number of esters is 3. The molecule has 0 aromatic heterocycles. The van der Waals surface area contributed by atoms with Crippen molar-refractivity contribution in [2.24, 2.45) is 0 Å². The van der Waals surface area contributed by atoms with Gasteiger partial charge in [0.25, 0.3) is 0 Å². The monoisotopic (exact) mass is 296 g/mol. The maximum Gasteiger partial charge on any atom is 0.354 e. The summed E-state index contributed by atoms with van der Waals surface area (Å²) in [5.41, 5.74) is 0.268. The zero-order chi connectivity index (χ0) is 16.0. The molecule has 1 rings (SSSR count). The van der Waals surface area contributed by atoms with Gasteiger partial charge in [-0.05, 0) is 19.4 Å². The minimum Gasteiger partial charge on any atom is -0.449 e. The Morgan fingerprint density at radius 2 is 1.52 bits per heavy atom. The molecule has 0 aliphatic carbocycles. The summed E-state index contributed by atoms with van der Waals surface area (Å²) in [5, 5.41) is 18.7. The lowest BCUT2D eigenvalue weighted by atomic mass is 10.1. The minimum atomic E-state index is -1.62. The van der Waals surface area contributed by atoms with Crippen LogP contribution in [0.5, 0.6) is 0 Å². The van der Waals surface area contributed by atoms with Gasteiger partial charge in [-0.25, -0.2) is 14.4 Å². The highest BCUT2D eigenvalue weighted by atomic mass is 16.6. The maximum atomic E-state index is 11.6. The Balaban J connectivity index is 2.58. The van der Waals surface area contributed by atoms with E-state index in [0.29, 0.717) is 0 Å². The fourth-order valence-electron chi connectivity index (χ4n) is 1.33. The summed E-state index contributed by atoms with van der Waals surface area (Å²) in [6, 6.07) is 7.91. The molecule has 0 saturated heterocycles. The normalized spacial score (nSPS) is 14.7. The van der Waals surface area contributed by atoms with Crippen molar-refractivity contribution in [2.45, 2.75) is 32.2 Å². The van der Waals surface area contributed by atoms with Gasteiger partial charge in [-0.3, -0.25) is 0 Å². The van der Waals surface area contributed by atoms with Crippen molar-refractivity contribution in [1.29, 1.82) is 0 Å². The molecule has 21 heavy (non-hydrogen) atoms. The number of ether oxygens (including phenoxy) is 2. The first kappa shape index (κ1) is 16.8. The number of benzene rings is 1. The molecule has 7 heteroatoms. The van der Waals surface area contributed by atoms with E-state index in [4.69, 9.17) is 5.11 Å². The van der Waals surface area contributed by atoms with E-state index in [1.807, 2.05) is 0 Å². The van der Waals surface area contributed by atoms with Gasteiger partial charge >= 0.3 is 17.9 Å². The molecule has 0 aliphatic heterocycles. The zero-order valence-electron chi connectivity index (χ0n) is 11.6. The van der Waals surface area contributed by atoms with Crippen molar-refractivity contribution in [3.8, 4) is 0 Å². The number of rotatable bonds is 5. The van der Waals surface area contributed by atoms with Crippen molar-refractivity contribution in [3.63, 3.8) is 0 Å². The van der Waals surface area contributed by atoms with Gasteiger partial charge in [0.05, 0.1) is 0 Å². The Labute approximate surface area is 121 Å². The van der Waals surface area contributed by atoms with Crippen LogP contribution in [0.25, 0.3) is 0 Å². The summed E-state index contributed by atoms with van der Waals surface area (Å²) in [4.78, 5) is 34.2. The number of hydrogen-bond acceptors (Lipinski definition) is 7. The predicted molar refractivity (Wildman–Crippen MR) is 69.7 cm³/mol. The van der Waals surface area contributed by atoms with Crippen LogP contribution in [-0.4, -0.2) is 40.3 Å². The summed E-state index contributed by atoms with van der Waals surface area (Å²) in [5.74, 6) is -3.33. The molecule has 0 bridgehead atoms. The molecular weight excluding hydrogens is 280 g/mol. The Morgan fingerprint density at radius 3 is 2.05 bits per heavy atom. The van der Waals surface area contributed by atoms with Crippen LogP contribution in [0.3, 0.4) is 0 Å². The fraction of sp³-hybridized carbons (Fsp3) is 0.357. The van der Waals surface area contributed by atoms with Crippen LogP contribution >= 0.6 is 0 Å². The van der Waals surface area contributed by atoms with Gasteiger partial charge in [0.1, 0.15) is 6.10 Å². The van der Waals surface area contributed by atoms with E-state index in [9.17, 15) is 19.5 Å². The van der Waals surface area contributed by atoms with Crippen LogP contribution in [0.4, 0.5) is 0 Å². The van der Waals surface area contributed by atoms with Gasteiger partial charge in [0.15, 0.2) is 12.2 Å². The SMILES string of the molecule is CC(O)C(=O)OC(C)C(=O)OC(=O)C(O)c1ccccc1. The number of hydrogen-bond donors (Lipinski definition) is 2. The molecular formula is C14H16O7. The van der Waals surface area contributed by atoms with Crippen molar-refractivity contribution in [2.75, 3.05) is 0 Å².